The quantitative estimate of drug-likeness (QED) is 0.178. The van der Waals surface area contributed by atoms with E-state index in [1.165, 1.54) is 36.2 Å². The molecule has 1 aromatic carbocycles. The minimum atomic E-state index is -0.899. The molecular formula is C26H24F2N6O2S. The summed E-state index contributed by atoms with van der Waals surface area (Å²) in [6.07, 6.45) is 5.47. The second-order valence-corrected chi connectivity index (χ2v) is 8.79. The van der Waals surface area contributed by atoms with Crippen molar-refractivity contribution in [2.24, 2.45) is 0 Å². The van der Waals surface area contributed by atoms with E-state index in [9.17, 15) is 9.18 Å². The minimum absolute atomic E-state index is 0.0749. The second kappa shape index (κ2) is 11.3. The normalized spacial score (nSPS) is 10.9. The van der Waals surface area contributed by atoms with Crippen molar-refractivity contribution in [2.75, 3.05) is 24.3 Å². The number of thioether (sulfide) groups is 1. The summed E-state index contributed by atoms with van der Waals surface area (Å²) >= 11 is 1.34. The number of aromatic nitrogens is 4. The lowest BCUT2D eigenvalue weighted by atomic mass is 9.99. The number of rotatable bonds is 9. The number of carbonyl (C=O) groups is 1. The maximum Gasteiger partial charge on any atom is 0.189 e. The topological polar surface area (TPSA) is 130 Å². The van der Waals surface area contributed by atoms with Crippen molar-refractivity contribution in [1.82, 2.24) is 19.9 Å². The van der Waals surface area contributed by atoms with Crippen molar-refractivity contribution in [2.45, 2.75) is 24.9 Å². The Morgan fingerprint density at radius 2 is 1.86 bits per heavy atom. The Balaban J connectivity index is 1.70. The largest absolute Gasteiger partial charge is 0.491 e. The van der Waals surface area contributed by atoms with Crippen LogP contribution in [0.3, 0.4) is 0 Å². The summed E-state index contributed by atoms with van der Waals surface area (Å²) in [5, 5.41) is 0.483. The van der Waals surface area contributed by atoms with E-state index in [1.807, 2.05) is 13.2 Å². The highest BCUT2D eigenvalue weighted by Crippen LogP contribution is 2.32. The van der Waals surface area contributed by atoms with Gasteiger partial charge >= 0.3 is 0 Å². The monoisotopic (exact) mass is 522 g/mol. The van der Waals surface area contributed by atoms with Crippen molar-refractivity contribution < 1.29 is 18.3 Å². The van der Waals surface area contributed by atoms with Gasteiger partial charge in [-0.1, -0.05) is 18.7 Å². The Labute approximate surface area is 216 Å². The van der Waals surface area contributed by atoms with Crippen molar-refractivity contribution in [3.05, 3.63) is 71.7 Å². The van der Waals surface area contributed by atoms with Crippen LogP contribution in [0.4, 0.5) is 20.3 Å². The highest BCUT2D eigenvalue weighted by atomic mass is 32.2. The Morgan fingerprint density at radius 1 is 1.05 bits per heavy atom. The fourth-order valence-electron chi connectivity index (χ4n) is 3.67. The van der Waals surface area contributed by atoms with Gasteiger partial charge < -0.3 is 16.2 Å². The molecule has 0 fully saturated rings. The summed E-state index contributed by atoms with van der Waals surface area (Å²) in [6.45, 7) is 2.14. The lowest BCUT2D eigenvalue weighted by Gasteiger charge is -2.13. The van der Waals surface area contributed by atoms with E-state index in [2.05, 4.69) is 19.9 Å². The highest BCUT2D eigenvalue weighted by Gasteiger charge is 2.22. The number of Topliss-reactive ketones (excluding diaryl/α,β-unsaturated/α-hetero) is 1. The van der Waals surface area contributed by atoms with E-state index in [0.717, 1.165) is 6.07 Å². The van der Waals surface area contributed by atoms with Gasteiger partial charge in [0.25, 0.3) is 0 Å². The van der Waals surface area contributed by atoms with Crippen LogP contribution in [0, 0.1) is 11.6 Å². The van der Waals surface area contributed by atoms with E-state index in [0.29, 0.717) is 28.4 Å². The number of nitrogens with two attached hydrogens (primary N) is 2. The molecule has 4 N–H and O–H groups in total. The predicted octanol–water partition coefficient (Wildman–Crippen LogP) is 4.98. The van der Waals surface area contributed by atoms with Crippen molar-refractivity contribution >= 4 is 29.1 Å². The zero-order valence-corrected chi connectivity index (χ0v) is 21.0. The summed E-state index contributed by atoms with van der Waals surface area (Å²) in [6, 6.07) is 8.40. The van der Waals surface area contributed by atoms with E-state index >= 15 is 4.39 Å². The number of nitrogens with zero attached hydrogens (tertiary/aromatic N) is 4. The molecule has 0 saturated carbocycles. The molecule has 3 heterocycles. The van der Waals surface area contributed by atoms with Gasteiger partial charge in [-0.2, -0.15) is 0 Å². The fraction of sp³-hybridized carbons (Fsp3) is 0.192. The molecule has 37 heavy (non-hydrogen) atoms. The number of anilines is 2. The maximum absolute atomic E-state index is 15.1. The van der Waals surface area contributed by atoms with Gasteiger partial charge in [0.1, 0.15) is 17.3 Å². The third kappa shape index (κ3) is 5.67. The van der Waals surface area contributed by atoms with Gasteiger partial charge in [-0.05, 0) is 48.6 Å². The number of hydrogen-bond acceptors (Lipinski definition) is 9. The first kappa shape index (κ1) is 26.0. The first-order valence-electron chi connectivity index (χ1n) is 11.3. The first-order chi connectivity index (χ1) is 17.8. The van der Waals surface area contributed by atoms with Gasteiger partial charge in [0.05, 0.1) is 29.2 Å². The average molecular weight is 523 g/mol. The smallest absolute Gasteiger partial charge is 0.189 e. The third-order valence-electron chi connectivity index (χ3n) is 5.40. The molecule has 8 nitrogen and oxygen atoms in total. The molecule has 0 aliphatic rings. The van der Waals surface area contributed by atoms with Crippen LogP contribution in [0.15, 0.2) is 53.9 Å². The predicted molar refractivity (Wildman–Crippen MR) is 139 cm³/mol. The summed E-state index contributed by atoms with van der Waals surface area (Å²) in [5.41, 5.74) is 13.2. The van der Waals surface area contributed by atoms with Gasteiger partial charge in [0, 0.05) is 30.4 Å². The molecule has 0 bridgehead atoms. The van der Waals surface area contributed by atoms with E-state index in [-0.39, 0.29) is 41.7 Å². The molecule has 0 radical (unpaired) electrons. The second-order valence-electron chi connectivity index (χ2n) is 8.01. The Hall–Kier alpha value is -4.12. The SMILES string of the molecule is CCCOc1ccc(F)c(-c2ccc(N)c(C(=O)Cc3cnccc3-c3cc(N)nc(SC)n3)n2)c1F. The minimum Gasteiger partial charge on any atom is -0.491 e. The van der Waals surface area contributed by atoms with Crippen LogP contribution in [0.1, 0.15) is 29.4 Å². The lowest BCUT2D eigenvalue weighted by Crippen LogP contribution is -2.12. The van der Waals surface area contributed by atoms with E-state index in [4.69, 9.17) is 16.2 Å². The Morgan fingerprint density at radius 3 is 2.62 bits per heavy atom. The van der Waals surface area contributed by atoms with Crippen LogP contribution in [0.25, 0.3) is 22.5 Å². The molecule has 0 unspecified atom stereocenters. The van der Waals surface area contributed by atoms with Crippen LogP contribution in [-0.4, -0.2) is 38.6 Å². The molecule has 0 saturated heterocycles. The Kier molecular flexibility index (Phi) is 7.92. The zero-order chi connectivity index (χ0) is 26.5. The van der Waals surface area contributed by atoms with Crippen LogP contribution in [0.2, 0.25) is 0 Å². The molecule has 3 aromatic heterocycles. The lowest BCUT2D eigenvalue weighted by molar-refractivity contribution is 0.0989. The molecule has 0 spiro atoms. The fourth-order valence-corrected chi connectivity index (χ4v) is 4.06. The number of ether oxygens (including phenoxy) is 1. The molecule has 0 amide bonds. The van der Waals surface area contributed by atoms with Crippen LogP contribution in [-0.2, 0) is 6.42 Å². The third-order valence-corrected chi connectivity index (χ3v) is 5.95. The van der Waals surface area contributed by atoms with Crippen LogP contribution < -0.4 is 16.2 Å². The number of nitrogen functional groups attached to an aromatic ring is 2. The van der Waals surface area contributed by atoms with Crippen molar-refractivity contribution in [1.29, 1.82) is 0 Å². The van der Waals surface area contributed by atoms with Crippen LogP contribution in [0.5, 0.6) is 5.75 Å². The maximum atomic E-state index is 15.1. The summed E-state index contributed by atoms with van der Waals surface area (Å²) in [7, 11) is 0. The molecule has 190 valence electrons. The first-order valence-corrected chi connectivity index (χ1v) is 12.6. The van der Waals surface area contributed by atoms with Gasteiger partial charge in [-0.3, -0.25) is 9.78 Å². The number of halogens is 2. The summed E-state index contributed by atoms with van der Waals surface area (Å²) < 4.78 is 35.1. The molecule has 4 rings (SSSR count). The number of carbonyl (C=O) groups excluding carboxylic acids is 1. The summed E-state index contributed by atoms with van der Waals surface area (Å²) in [4.78, 5) is 30.3. The van der Waals surface area contributed by atoms with E-state index < -0.39 is 23.0 Å². The molecule has 4 aromatic rings. The molecule has 0 aliphatic carbocycles. The summed E-state index contributed by atoms with van der Waals surface area (Å²) in [5.74, 6) is -2.00. The van der Waals surface area contributed by atoms with Crippen molar-refractivity contribution in [3.8, 4) is 28.3 Å². The number of benzene rings is 1. The van der Waals surface area contributed by atoms with Gasteiger partial charge in [0.15, 0.2) is 22.5 Å². The average Bonchev–Trinajstić information content (AvgIpc) is 2.89. The molecular weight excluding hydrogens is 498 g/mol. The van der Waals surface area contributed by atoms with E-state index in [1.54, 1.807) is 18.3 Å². The van der Waals surface area contributed by atoms with Gasteiger partial charge in [-0.25, -0.2) is 23.7 Å². The standard InChI is InChI=1S/C26H24F2N6O2S/c1-3-10-36-21-7-4-16(27)23(24(21)28)18-6-5-17(29)25(32-18)20(35)11-14-13-31-9-8-15(14)19-12-22(30)34-26(33-19)37-2/h4-9,12-13H,3,10-11,29H2,1-2H3,(H2,30,33,34). The van der Waals surface area contributed by atoms with Gasteiger partial charge in [-0.15, -0.1) is 0 Å². The molecule has 0 aliphatic heterocycles. The highest BCUT2D eigenvalue weighted by molar-refractivity contribution is 7.98. The van der Waals surface area contributed by atoms with Crippen LogP contribution >= 0.6 is 11.8 Å². The number of ketones is 1. The number of pyridine rings is 2. The Bertz CT molecular complexity index is 1470. The number of hydrogen-bond donors (Lipinski definition) is 2. The molecule has 0 atom stereocenters. The molecule has 11 heteroatoms. The van der Waals surface area contributed by atoms with Crippen molar-refractivity contribution in [3.63, 3.8) is 0 Å². The van der Waals surface area contributed by atoms with Gasteiger partial charge in [0.2, 0.25) is 0 Å². The zero-order valence-electron chi connectivity index (χ0n) is 20.2.